The van der Waals surface area contributed by atoms with Crippen LogP contribution in [0.4, 0.5) is 0 Å². The van der Waals surface area contributed by atoms with Gasteiger partial charge in [0, 0.05) is 24.6 Å². The predicted octanol–water partition coefficient (Wildman–Crippen LogP) is 3.66. The summed E-state index contributed by atoms with van der Waals surface area (Å²) in [5.74, 6) is 2.10. The second-order valence-electron chi connectivity index (χ2n) is 6.73. The van der Waals surface area contributed by atoms with Gasteiger partial charge in [-0.1, -0.05) is 23.3 Å². The van der Waals surface area contributed by atoms with Gasteiger partial charge in [0.25, 0.3) is 5.91 Å². The summed E-state index contributed by atoms with van der Waals surface area (Å²) in [5.41, 5.74) is 4.27. The van der Waals surface area contributed by atoms with Crippen molar-refractivity contribution in [2.24, 2.45) is 0 Å². The van der Waals surface area contributed by atoms with Gasteiger partial charge in [0.1, 0.15) is 0 Å². The van der Waals surface area contributed by atoms with Gasteiger partial charge in [-0.05, 0) is 50.1 Å². The number of likely N-dealkylation sites (tertiary alicyclic amines) is 1. The van der Waals surface area contributed by atoms with E-state index in [1.54, 1.807) is 0 Å². The lowest BCUT2D eigenvalue weighted by Gasteiger charge is -2.17. The minimum atomic E-state index is 0.130. The monoisotopic (exact) mass is 323 g/mol. The van der Waals surface area contributed by atoms with Crippen LogP contribution in [0.1, 0.15) is 39.4 Å². The maximum Gasteiger partial charge on any atom is 0.253 e. The number of hydrogen-bond acceptors (Lipinski definition) is 3. The molecule has 2 aromatic rings. The lowest BCUT2D eigenvalue weighted by molar-refractivity contribution is 0.0790. The van der Waals surface area contributed by atoms with Crippen LogP contribution in [-0.4, -0.2) is 30.7 Å². The van der Waals surface area contributed by atoms with Gasteiger partial charge >= 0.3 is 0 Å². The third-order valence-corrected chi connectivity index (χ3v) is 4.81. The number of rotatable bonds is 2. The van der Waals surface area contributed by atoms with Crippen LogP contribution in [0.2, 0.25) is 0 Å². The average molecular weight is 323 g/mol. The quantitative estimate of drug-likeness (QED) is 0.846. The van der Waals surface area contributed by atoms with Crippen molar-refractivity contribution in [3.63, 3.8) is 0 Å². The van der Waals surface area contributed by atoms with Gasteiger partial charge in [-0.2, -0.15) is 0 Å². The number of amides is 1. The van der Waals surface area contributed by atoms with Crippen LogP contribution in [0.3, 0.4) is 0 Å². The maximum absolute atomic E-state index is 12.8. The Kier molecular flexibility index (Phi) is 3.68. The number of hydrogen-bond donors (Lipinski definition) is 0. The van der Waals surface area contributed by atoms with E-state index in [0.717, 1.165) is 47.7 Å². The van der Waals surface area contributed by atoms with Crippen molar-refractivity contribution >= 4 is 5.91 Å². The minimum Gasteiger partial charge on any atom is -0.454 e. The van der Waals surface area contributed by atoms with Crippen LogP contribution in [0, 0.1) is 13.8 Å². The first-order chi connectivity index (χ1) is 11.6. The molecule has 1 saturated heterocycles. The van der Waals surface area contributed by atoms with E-state index in [4.69, 9.17) is 9.47 Å². The van der Waals surface area contributed by atoms with Crippen molar-refractivity contribution in [3.8, 4) is 11.5 Å². The highest BCUT2D eigenvalue weighted by molar-refractivity contribution is 5.94. The minimum absolute atomic E-state index is 0.130. The van der Waals surface area contributed by atoms with Crippen LogP contribution >= 0.6 is 0 Å². The van der Waals surface area contributed by atoms with Crippen molar-refractivity contribution < 1.29 is 14.3 Å². The number of carbonyl (C=O) groups excluding carboxylic acids is 1. The first-order valence-electron chi connectivity index (χ1n) is 8.37. The van der Waals surface area contributed by atoms with Crippen LogP contribution in [0.5, 0.6) is 11.5 Å². The molecule has 4 heteroatoms. The normalized spacial score (nSPS) is 18.9. The molecule has 0 spiro atoms. The van der Waals surface area contributed by atoms with Crippen molar-refractivity contribution in [2.45, 2.75) is 26.2 Å². The number of carbonyl (C=O) groups is 1. The second-order valence-corrected chi connectivity index (χ2v) is 6.73. The summed E-state index contributed by atoms with van der Waals surface area (Å²) >= 11 is 0. The predicted molar refractivity (Wildman–Crippen MR) is 91.7 cm³/mol. The Morgan fingerprint density at radius 2 is 1.79 bits per heavy atom. The Morgan fingerprint density at radius 1 is 1.04 bits per heavy atom. The van der Waals surface area contributed by atoms with Gasteiger partial charge in [0.05, 0.1) is 0 Å². The van der Waals surface area contributed by atoms with Gasteiger partial charge < -0.3 is 14.4 Å². The SMILES string of the molecule is Cc1cc(C)cc(C(=O)N2CCC(c3ccc4c(c3)OCO4)C2)c1. The molecule has 4 nitrogen and oxygen atoms in total. The van der Waals surface area contributed by atoms with E-state index >= 15 is 0 Å². The van der Waals surface area contributed by atoms with Gasteiger partial charge in [-0.15, -0.1) is 0 Å². The van der Waals surface area contributed by atoms with Crippen LogP contribution in [0.15, 0.2) is 36.4 Å². The summed E-state index contributed by atoms with van der Waals surface area (Å²) in [6.45, 7) is 5.91. The zero-order chi connectivity index (χ0) is 16.7. The van der Waals surface area contributed by atoms with E-state index in [1.165, 1.54) is 5.56 Å². The highest BCUT2D eigenvalue weighted by atomic mass is 16.7. The van der Waals surface area contributed by atoms with E-state index < -0.39 is 0 Å². The molecule has 2 heterocycles. The number of aryl methyl sites for hydroxylation is 2. The molecule has 1 atom stereocenters. The van der Waals surface area contributed by atoms with Gasteiger partial charge in [0.2, 0.25) is 6.79 Å². The molecule has 2 aliphatic rings. The second kappa shape index (κ2) is 5.86. The molecule has 1 amide bonds. The molecule has 0 radical (unpaired) electrons. The maximum atomic E-state index is 12.8. The van der Waals surface area contributed by atoms with E-state index in [0.29, 0.717) is 12.7 Å². The van der Waals surface area contributed by atoms with Crippen molar-refractivity contribution in [1.82, 2.24) is 4.90 Å². The molecule has 0 aromatic heterocycles. The van der Waals surface area contributed by atoms with Crippen LogP contribution in [0.25, 0.3) is 0 Å². The molecule has 0 bridgehead atoms. The zero-order valence-electron chi connectivity index (χ0n) is 14.0. The number of ether oxygens (including phenoxy) is 2. The van der Waals surface area contributed by atoms with Gasteiger partial charge in [0.15, 0.2) is 11.5 Å². The van der Waals surface area contributed by atoms with Crippen molar-refractivity contribution in [2.75, 3.05) is 19.9 Å². The number of fused-ring (bicyclic) bond motifs is 1. The molecular formula is C20H21NO3. The Morgan fingerprint density at radius 3 is 2.58 bits per heavy atom. The topological polar surface area (TPSA) is 38.8 Å². The summed E-state index contributed by atoms with van der Waals surface area (Å²) in [6.07, 6.45) is 0.982. The lowest BCUT2D eigenvalue weighted by Crippen LogP contribution is -2.28. The summed E-state index contributed by atoms with van der Waals surface area (Å²) in [4.78, 5) is 14.8. The van der Waals surface area contributed by atoms with Crippen LogP contribution in [-0.2, 0) is 0 Å². The Balaban J connectivity index is 1.51. The van der Waals surface area contributed by atoms with E-state index in [9.17, 15) is 4.79 Å². The fourth-order valence-electron chi connectivity index (χ4n) is 3.66. The lowest BCUT2D eigenvalue weighted by atomic mass is 9.98. The third-order valence-electron chi connectivity index (χ3n) is 4.81. The molecule has 1 unspecified atom stereocenters. The summed E-state index contributed by atoms with van der Waals surface area (Å²) < 4.78 is 10.8. The van der Waals surface area contributed by atoms with Crippen LogP contribution < -0.4 is 9.47 Å². The van der Waals surface area contributed by atoms with E-state index in [-0.39, 0.29) is 5.91 Å². The molecule has 4 rings (SSSR count). The Bertz CT molecular complexity index is 779. The van der Waals surface area contributed by atoms with Gasteiger partial charge in [-0.3, -0.25) is 4.79 Å². The fraction of sp³-hybridized carbons (Fsp3) is 0.350. The molecule has 2 aliphatic heterocycles. The first-order valence-corrected chi connectivity index (χ1v) is 8.37. The molecular weight excluding hydrogens is 302 g/mol. The van der Waals surface area contributed by atoms with Gasteiger partial charge in [-0.25, -0.2) is 0 Å². The smallest absolute Gasteiger partial charge is 0.253 e. The first kappa shape index (κ1) is 15.1. The summed E-state index contributed by atoms with van der Waals surface area (Å²) in [6, 6.07) is 12.1. The molecule has 124 valence electrons. The van der Waals surface area contributed by atoms with Crippen molar-refractivity contribution in [1.29, 1.82) is 0 Å². The third kappa shape index (κ3) is 2.73. The molecule has 24 heavy (non-hydrogen) atoms. The largest absolute Gasteiger partial charge is 0.454 e. The Hall–Kier alpha value is -2.49. The standard InChI is InChI=1S/C20H21NO3/c1-13-7-14(2)9-17(8-13)20(22)21-6-5-16(11-21)15-3-4-18-19(10-15)24-12-23-18/h3-4,7-10,16H,5-6,11-12H2,1-2H3. The Labute approximate surface area is 142 Å². The highest BCUT2D eigenvalue weighted by Crippen LogP contribution is 2.37. The molecule has 2 aromatic carbocycles. The van der Waals surface area contributed by atoms with E-state index in [1.807, 2.05) is 36.9 Å². The number of benzene rings is 2. The molecule has 0 N–H and O–H groups in total. The molecule has 0 aliphatic carbocycles. The van der Waals surface area contributed by atoms with E-state index in [2.05, 4.69) is 18.2 Å². The zero-order valence-corrected chi connectivity index (χ0v) is 14.0. The van der Waals surface area contributed by atoms with Crippen molar-refractivity contribution in [3.05, 3.63) is 58.7 Å². The highest BCUT2D eigenvalue weighted by Gasteiger charge is 2.29. The molecule has 1 fully saturated rings. The number of nitrogens with zero attached hydrogens (tertiary/aromatic N) is 1. The summed E-state index contributed by atoms with van der Waals surface area (Å²) in [7, 11) is 0. The molecule has 0 saturated carbocycles. The average Bonchev–Trinajstić information content (AvgIpc) is 3.21. The summed E-state index contributed by atoms with van der Waals surface area (Å²) in [5, 5.41) is 0. The fourth-order valence-corrected chi connectivity index (χ4v) is 3.66.